The normalized spacial score (nSPS) is 9.38. The van der Waals surface area contributed by atoms with Crippen LogP contribution in [0.4, 0.5) is 0 Å². The molecule has 0 aromatic heterocycles. The van der Waals surface area contributed by atoms with Gasteiger partial charge in [-0.05, 0) is 28.1 Å². The number of benzene rings is 1. The molecule has 0 amide bonds. The van der Waals surface area contributed by atoms with Gasteiger partial charge in [-0.3, -0.25) is 9.59 Å². The first-order chi connectivity index (χ1) is 6.11. The molecule has 0 aliphatic carbocycles. The van der Waals surface area contributed by atoms with E-state index in [2.05, 4.69) is 15.9 Å². The highest BCUT2D eigenvalue weighted by atomic mass is 79.9. The first-order valence-corrected chi connectivity index (χ1v) is 4.38. The number of ether oxygens (including phenoxy) is 1. The van der Waals surface area contributed by atoms with Crippen LogP contribution in [-0.4, -0.2) is 10.7 Å². The van der Waals surface area contributed by atoms with E-state index in [9.17, 15) is 9.59 Å². The molecule has 0 aliphatic rings. The zero-order chi connectivity index (χ0) is 9.84. The summed E-state index contributed by atoms with van der Waals surface area (Å²) in [7, 11) is 0. The van der Waals surface area contributed by atoms with Crippen molar-refractivity contribution in [3.63, 3.8) is 0 Å². The molecular weight excluding hydrogens is 236 g/mol. The maximum absolute atomic E-state index is 11.0. The first-order valence-electron chi connectivity index (χ1n) is 3.58. The highest BCUT2D eigenvalue weighted by molar-refractivity contribution is 9.18. The molecule has 3 nitrogen and oxygen atoms in total. The molecule has 1 aromatic rings. The predicted molar refractivity (Wildman–Crippen MR) is 51.0 cm³/mol. The van der Waals surface area contributed by atoms with Crippen LogP contribution in [0.25, 0.3) is 0 Å². The van der Waals surface area contributed by atoms with Gasteiger partial charge in [-0.1, -0.05) is 12.1 Å². The van der Waals surface area contributed by atoms with Gasteiger partial charge in [0.25, 0.3) is 0 Å². The van der Waals surface area contributed by atoms with Gasteiger partial charge in [0.1, 0.15) is 5.75 Å². The molecule has 0 spiro atoms. The van der Waals surface area contributed by atoms with Crippen molar-refractivity contribution in [1.82, 2.24) is 0 Å². The largest absolute Gasteiger partial charge is 0.426 e. The van der Waals surface area contributed by atoms with E-state index < -0.39 is 5.97 Å². The second-order valence-corrected chi connectivity index (χ2v) is 3.08. The molecule has 1 aromatic carbocycles. The van der Waals surface area contributed by atoms with Crippen LogP contribution >= 0.6 is 15.9 Å². The third-order valence-electron chi connectivity index (χ3n) is 1.35. The Kier molecular flexibility index (Phi) is 3.19. The van der Waals surface area contributed by atoms with E-state index in [1.165, 1.54) is 6.92 Å². The maximum Gasteiger partial charge on any atom is 0.308 e. The first kappa shape index (κ1) is 9.92. The van der Waals surface area contributed by atoms with Crippen LogP contribution in [0.15, 0.2) is 24.3 Å². The van der Waals surface area contributed by atoms with Gasteiger partial charge in [0.05, 0.1) is 5.56 Å². The molecular formula is C9H7BrO3. The second-order valence-electron chi connectivity index (χ2n) is 2.36. The van der Waals surface area contributed by atoms with Crippen LogP contribution in [0.3, 0.4) is 0 Å². The van der Waals surface area contributed by atoms with Crippen LogP contribution in [0, 0.1) is 0 Å². The number of hydrogen-bond acceptors (Lipinski definition) is 3. The lowest BCUT2D eigenvalue weighted by Crippen LogP contribution is -2.04. The molecule has 0 radical (unpaired) electrons. The van der Waals surface area contributed by atoms with Crippen LogP contribution < -0.4 is 4.74 Å². The molecule has 0 bridgehead atoms. The Hall–Kier alpha value is -1.16. The Morgan fingerprint density at radius 1 is 1.31 bits per heavy atom. The van der Waals surface area contributed by atoms with Crippen LogP contribution in [-0.2, 0) is 4.79 Å². The van der Waals surface area contributed by atoms with Crippen molar-refractivity contribution in [2.24, 2.45) is 0 Å². The highest BCUT2D eigenvalue weighted by Gasteiger charge is 2.09. The van der Waals surface area contributed by atoms with Gasteiger partial charge in [-0.25, -0.2) is 0 Å². The lowest BCUT2D eigenvalue weighted by Gasteiger charge is -2.03. The number of carbonyl (C=O) groups is 2. The van der Waals surface area contributed by atoms with Gasteiger partial charge in [-0.15, -0.1) is 0 Å². The molecule has 0 unspecified atom stereocenters. The quantitative estimate of drug-likeness (QED) is 0.454. The fourth-order valence-corrected chi connectivity index (χ4v) is 1.20. The fourth-order valence-electron chi connectivity index (χ4n) is 0.873. The number of rotatable bonds is 2. The minimum Gasteiger partial charge on any atom is -0.426 e. The van der Waals surface area contributed by atoms with Crippen LogP contribution in [0.5, 0.6) is 5.75 Å². The van der Waals surface area contributed by atoms with Crippen molar-refractivity contribution in [3.05, 3.63) is 29.8 Å². The molecule has 13 heavy (non-hydrogen) atoms. The van der Waals surface area contributed by atoms with Crippen molar-refractivity contribution < 1.29 is 14.3 Å². The van der Waals surface area contributed by atoms with Gasteiger partial charge < -0.3 is 4.74 Å². The van der Waals surface area contributed by atoms with Gasteiger partial charge >= 0.3 is 5.97 Å². The summed E-state index contributed by atoms with van der Waals surface area (Å²) in [5.74, 6) is -0.168. The van der Waals surface area contributed by atoms with Gasteiger partial charge in [-0.2, -0.15) is 0 Å². The Balaban J connectivity index is 3.04. The Morgan fingerprint density at radius 2 is 1.92 bits per heavy atom. The van der Waals surface area contributed by atoms with Crippen molar-refractivity contribution in [2.75, 3.05) is 0 Å². The molecule has 4 heteroatoms. The summed E-state index contributed by atoms with van der Waals surface area (Å²) >= 11 is 2.79. The summed E-state index contributed by atoms with van der Waals surface area (Å²) in [4.78, 5) is 21.6. The zero-order valence-corrected chi connectivity index (χ0v) is 8.50. The van der Waals surface area contributed by atoms with E-state index in [0.717, 1.165) is 0 Å². The maximum atomic E-state index is 11.0. The van der Waals surface area contributed by atoms with E-state index in [1.54, 1.807) is 24.3 Å². The smallest absolute Gasteiger partial charge is 0.308 e. The fraction of sp³-hybridized carbons (Fsp3) is 0.111. The Bertz CT molecular complexity index is 346. The van der Waals surface area contributed by atoms with E-state index in [0.29, 0.717) is 5.56 Å². The molecule has 0 aliphatic heterocycles. The zero-order valence-electron chi connectivity index (χ0n) is 6.91. The van der Waals surface area contributed by atoms with E-state index in [-0.39, 0.29) is 10.4 Å². The third-order valence-corrected chi connectivity index (χ3v) is 1.78. The third kappa shape index (κ3) is 2.66. The molecule has 68 valence electrons. The average molecular weight is 243 g/mol. The minimum atomic E-state index is -0.443. The van der Waals surface area contributed by atoms with E-state index in [4.69, 9.17) is 4.74 Å². The molecule has 0 saturated carbocycles. The van der Waals surface area contributed by atoms with E-state index in [1.807, 2.05) is 0 Å². The van der Waals surface area contributed by atoms with E-state index >= 15 is 0 Å². The Morgan fingerprint density at radius 3 is 2.46 bits per heavy atom. The van der Waals surface area contributed by atoms with Crippen molar-refractivity contribution in [2.45, 2.75) is 6.92 Å². The number of esters is 1. The Labute approximate surface area is 83.8 Å². The number of carbonyl (C=O) groups excluding carboxylic acids is 2. The summed E-state index contributed by atoms with van der Waals surface area (Å²) < 4.78 is 4.52. The summed E-state index contributed by atoms with van der Waals surface area (Å²) in [6.07, 6.45) is 0. The lowest BCUT2D eigenvalue weighted by molar-refractivity contribution is -0.131. The van der Waals surface area contributed by atoms with Crippen molar-refractivity contribution in [3.8, 4) is 5.75 Å². The van der Waals surface area contributed by atoms with Crippen molar-refractivity contribution >= 4 is 26.6 Å². The van der Waals surface area contributed by atoms with Gasteiger partial charge in [0.2, 0.25) is 4.69 Å². The minimum absolute atomic E-state index is 0.275. The summed E-state index contributed by atoms with van der Waals surface area (Å²) in [5.41, 5.74) is 0.345. The molecule has 0 fully saturated rings. The predicted octanol–water partition coefficient (Wildman–Crippen LogP) is 2.15. The number of para-hydroxylation sites is 1. The number of hydrogen-bond donors (Lipinski definition) is 0. The lowest BCUT2D eigenvalue weighted by atomic mass is 10.2. The van der Waals surface area contributed by atoms with Gasteiger partial charge in [0, 0.05) is 6.92 Å². The molecule has 0 saturated heterocycles. The highest BCUT2D eigenvalue weighted by Crippen LogP contribution is 2.20. The standard InChI is InChI=1S/C9H7BrO3/c1-6(11)13-8-5-3-2-4-7(8)9(10)12/h2-5H,1H3. The van der Waals surface area contributed by atoms with Crippen LogP contribution in [0.2, 0.25) is 0 Å². The van der Waals surface area contributed by atoms with Crippen molar-refractivity contribution in [1.29, 1.82) is 0 Å². The molecule has 0 N–H and O–H groups in total. The summed E-state index contributed by atoms with van der Waals surface area (Å²) in [5, 5.41) is 0. The topological polar surface area (TPSA) is 43.4 Å². The summed E-state index contributed by atoms with van der Waals surface area (Å²) in [6.45, 7) is 1.29. The SMILES string of the molecule is CC(=O)Oc1ccccc1C(=O)Br. The summed E-state index contributed by atoms with van der Waals surface area (Å²) in [6, 6.07) is 6.53. The molecule has 1 rings (SSSR count). The number of halogens is 1. The molecule has 0 atom stereocenters. The average Bonchev–Trinajstić information content (AvgIpc) is 2.03. The van der Waals surface area contributed by atoms with Gasteiger partial charge in [0.15, 0.2) is 0 Å². The van der Waals surface area contributed by atoms with Crippen LogP contribution in [0.1, 0.15) is 17.3 Å². The molecule has 0 heterocycles. The monoisotopic (exact) mass is 242 g/mol. The second kappa shape index (κ2) is 4.18.